The van der Waals surface area contributed by atoms with Crippen molar-refractivity contribution in [2.45, 2.75) is 0 Å². The van der Waals surface area contributed by atoms with E-state index in [-0.39, 0.29) is 0 Å². The Kier molecular flexibility index (Phi) is 5.63. The molecule has 0 bridgehead atoms. The highest BCUT2D eigenvalue weighted by atomic mass is 35.5. The highest BCUT2D eigenvalue weighted by Crippen LogP contribution is 2.18. The molecular formula is C16H20ClN5O. The fourth-order valence-electron chi connectivity index (χ4n) is 2.38. The van der Waals surface area contributed by atoms with E-state index in [4.69, 9.17) is 16.3 Å². The lowest BCUT2D eigenvalue weighted by Crippen LogP contribution is -2.39. The van der Waals surface area contributed by atoms with Gasteiger partial charge in [0.1, 0.15) is 5.82 Å². The standard InChI is InChI=1S/C16H20ClN5O/c17-13-2-1-3-14(12-13)20-16-19-5-4-15(21-16)18-6-7-22-8-10-23-11-9-22/h1-5,12H,6-11H2,(H2,18,19,20,21). The van der Waals surface area contributed by atoms with Crippen molar-refractivity contribution >= 4 is 29.1 Å². The minimum atomic E-state index is 0.545. The van der Waals surface area contributed by atoms with Crippen molar-refractivity contribution in [2.24, 2.45) is 0 Å². The van der Waals surface area contributed by atoms with Gasteiger partial charge in [-0.1, -0.05) is 17.7 Å². The summed E-state index contributed by atoms with van der Waals surface area (Å²) in [5.41, 5.74) is 0.864. The summed E-state index contributed by atoms with van der Waals surface area (Å²) in [5.74, 6) is 1.35. The Morgan fingerprint density at radius 1 is 1.22 bits per heavy atom. The highest BCUT2D eigenvalue weighted by Gasteiger charge is 2.09. The Balaban J connectivity index is 1.52. The zero-order chi connectivity index (χ0) is 15.9. The van der Waals surface area contributed by atoms with E-state index in [1.54, 1.807) is 6.20 Å². The average molecular weight is 334 g/mol. The molecule has 1 saturated heterocycles. The number of anilines is 3. The number of aromatic nitrogens is 2. The van der Waals surface area contributed by atoms with Crippen molar-refractivity contribution in [1.29, 1.82) is 0 Å². The number of hydrogen-bond acceptors (Lipinski definition) is 6. The lowest BCUT2D eigenvalue weighted by Gasteiger charge is -2.26. The van der Waals surface area contributed by atoms with Gasteiger partial charge in [0.15, 0.2) is 0 Å². The number of benzene rings is 1. The molecule has 0 unspecified atom stereocenters. The first kappa shape index (κ1) is 16.0. The number of rotatable bonds is 6. The molecule has 1 aromatic heterocycles. The van der Waals surface area contributed by atoms with E-state index in [1.165, 1.54) is 0 Å². The van der Waals surface area contributed by atoms with Gasteiger partial charge < -0.3 is 15.4 Å². The molecule has 23 heavy (non-hydrogen) atoms. The van der Waals surface area contributed by atoms with Gasteiger partial charge >= 0.3 is 0 Å². The van der Waals surface area contributed by atoms with Crippen LogP contribution in [0.15, 0.2) is 36.5 Å². The van der Waals surface area contributed by atoms with Crippen LogP contribution in [0.1, 0.15) is 0 Å². The van der Waals surface area contributed by atoms with Crippen LogP contribution in [0, 0.1) is 0 Å². The molecule has 2 N–H and O–H groups in total. The van der Waals surface area contributed by atoms with Crippen molar-refractivity contribution in [3.63, 3.8) is 0 Å². The molecule has 1 aliphatic rings. The number of nitrogens with one attached hydrogen (secondary N) is 2. The summed E-state index contributed by atoms with van der Waals surface area (Å²) in [6.45, 7) is 5.44. The largest absolute Gasteiger partial charge is 0.379 e. The van der Waals surface area contributed by atoms with E-state index in [1.807, 2.05) is 30.3 Å². The quantitative estimate of drug-likeness (QED) is 0.847. The minimum absolute atomic E-state index is 0.545. The first-order valence-electron chi connectivity index (χ1n) is 7.69. The molecule has 1 aliphatic heterocycles. The SMILES string of the molecule is Clc1cccc(Nc2nccc(NCCN3CCOCC3)n2)c1. The van der Waals surface area contributed by atoms with Crippen LogP contribution in [0.3, 0.4) is 0 Å². The van der Waals surface area contributed by atoms with Crippen LogP contribution in [0.25, 0.3) is 0 Å². The maximum Gasteiger partial charge on any atom is 0.229 e. The topological polar surface area (TPSA) is 62.3 Å². The van der Waals surface area contributed by atoms with Crippen molar-refractivity contribution < 1.29 is 4.74 Å². The van der Waals surface area contributed by atoms with Crippen molar-refractivity contribution in [3.8, 4) is 0 Å². The van der Waals surface area contributed by atoms with E-state index in [9.17, 15) is 0 Å². The highest BCUT2D eigenvalue weighted by molar-refractivity contribution is 6.30. The third-order valence-electron chi connectivity index (χ3n) is 3.57. The fourth-order valence-corrected chi connectivity index (χ4v) is 2.57. The molecule has 7 heteroatoms. The molecule has 122 valence electrons. The van der Waals surface area contributed by atoms with Crippen molar-refractivity contribution in [1.82, 2.24) is 14.9 Å². The van der Waals surface area contributed by atoms with Gasteiger partial charge in [0.05, 0.1) is 13.2 Å². The van der Waals surface area contributed by atoms with E-state index in [0.29, 0.717) is 11.0 Å². The molecule has 0 amide bonds. The second-order valence-electron chi connectivity index (χ2n) is 5.28. The maximum atomic E-state index is 5.98. The Labute approximate surface area is 140 Å². The molecule has 0 atom stereocenters. The lowest BCUT2D eigenvalue weighted by molar-refractivity contribution is 0.0398. The van der Waals surface area contributed by atoms with E-state index in [0.717, 1.165) is 50.9 Å². The Morgan fingerprint density at radius 3 is 2.91 bits per heavy atom. The van der Waals surface area contributed by atoms with Crippen LogP contribution in [-0.4, -0.2) is 54.3 Å². The minimum Gasteiger partial charge on any atom is -0.379 e. The average Bonchev–Trinajstić information content (AvgIpc) is 2.56. The number of morpholine rings is 1. The van der Waals surface area contributed by atoms with E-state index >= 15 is 0 Å². The van der Waals surface area contributed by atoms with Gasteiger partial charge in [0.25, 0.3) is 0 Å². The Morgan fingerprint density at radius 2 is 2.09 bits per heavy atom. The molecule has 0 aliphatic carbocycles. The zero-order valence-electron chi connectivity index (χ0n) is 12.8. The first-order chi connectivity index (χ1) is 11.3. The predicted octanol–water partition coefficient (Wildman–Crippen LogP) is 2.62. The summed E-state index contributed by atoms with van der Waals surface area (Å²) in [5, 5.41) is 7.16. The Bertz CT molecular complexity index is 633. The van der Waals surface area contributed by atoms with Gasteiger partial charge in [-0.25, -0.2) is 4.98 Å². The van der Waals surface area contributed by atoms with Gasteiger partial charge in [0.2, 0.25) is 5.95 Å². The molecule has 0 radical (unpaired) electrons. The van der Waals surface area contributed by atoms with Gasteiger partial charge in [-0.3, -0.25) is 4.90 Å². The summed E-state index contributed by atoms with van der Waals surface area (Å²) in [4.78, 5) is 11.1. The molecule has 6 nitrogen and oxygen atoms in total. The monoisotopic (exact) mass is 333 g/mol. The fraction of sp³-hybridized carbons (Fsp3) is 0.375. The van der Waals surface area contributed by atoms with Crippen LogP contribution in [0.4, 0.5) is 17.5 Å². The van der Waals surface area contributed by atoms with Gasteiger partial charge in [0, 0.05) is 43.1 Å². The second-order valence-corrected chi connectivity index (χ2v) is 5.72. The maximum absolute atomic E-state index is 5.98. The molecule has 0 spiro atoms. The van der Waals surface area contributed by atoms with Crippen molar-refractivity contribution in [2.75, 3.05) is 50.0 Å². The van der Waals surface area contributed by atoms with Crippen LogP contribution in [-0.2, 0) is 4.74 Å². The third kappa shape index (κ3) is 5.06. The molecule has 3 rings (SSSR count). The number of hydrogen-bond donors (Lipinski definition) is 2. The normalized spacial score (nSPS) is 15.3. The van der Waals surface area contributed by atoms with E-state index in [2.05, 4.69) is 25.5 Å². The van der Waals surface area contributed by atoms with Crippen LogP contribution in [0.5, 0.6) is 0 Å². The predicted molar refractivity (Wildman–Crippen MR) is 92.5 cm³/mol. The second kappa shape index (κ2) is 8.10. The van der Waals surface area contributed by atoms with Crippen molar-refractivity contribution in [3.05, 3.63) is 41.6 Å². The van der Waals surface area contributed by atoms with Crippen LogP contribution >= 0.6 is 11.6 Å². The van der Waals surface area contributed by atoms with Gasteiger partial charge in [-0.05, 0) is 24.3 Å². The number of ether oxygens (including phenoxy) is 1. The molecule has 1 fully saturated rings. The summed E-state index contributed by atoms with van der Waals surface area (Å²) >= 11 is 5.98. The molecular weight excluding hydrogens is 314 g/mol. The molecule has 2 aromatic rings. The number of nitrogens with zero attached hydrogens (tertiary/aromatic N) is 3. The first-order valence-corrected chi connectivity index (χ1v) is 8.07. The van der Waals surface area contributed by atoms with Crippen LogP contribution in [0.2, 0.25) is 5.02 Å². The van der Waals surface area contributed by atoms with Gasteiger partial charge in [-0.2, -0.15) is 4.98 Å². The number of halogens is 1. The van der Waals surface area contributed by atoms with Crippen LogP contribution < -0.4 is 10.6 Å². The summed E-state index contributed by atoms with van der Waals surface area (Å²) < 4.78 is 5.34. The van der Waals surface area contributed by atoms with Gasteiger partial charge in [-0.15, -0.1) is 0 Å². The summed E-state index contributed by atoms with van der Waals surface area (Å²) in [6.07, 6.45) is 1.73. The molecule has 0 saturated carbocycles. The lowest BCUT2D eigenvalue weighted by atomic mass is 10.3. The summed E-state index contributed by atoms with van der Waals surface area (Å²) in [7, 11) is 0. The third-order valence-corrected chi connectivity index (χ3v) is 3.81. The van der Waals surface area contributed by atoms with E-state index < -0.39 is 0 Å². The molecule has 1 aromatic carbocycles. The Hall–Kier alpha value is -1.89. The zero-order valence-corrected chi connectivity index (χ0v) is 13.6. The smallest absolute Gasteiger partial charge is 0.229 e. The summed E-state index contributed by atoms with van der Waals surface area (Å²) in [6, 6.07) is 9.34. The molecule has 2 heterocycles.